The van der Waals surface area contributed by atoms with Gasteiger partial charge in [-0.15, -0.1) is 0 Å². The molecule has 0 aliphatic heterocycles. The minimum Gasteiger partial charge on any atom is -0.492 e. The molecule has 0 aliphatic rings. The molecule has 19 heavy (non-hydrogen) atoms. The largest absolute Gasteiger partial charge is 0.492 e. The van der Waals surface area contributed by atoms with Crippen LogP contribution in [0.1, 0.15) is 5.56 Å². The summed E-state index contributed by atoms with van der Waals surface area (Å²) in [5.74, 6) is -0.279. The summed E-state index contributed by atoms with van der Waals surface area (Å²) in [6.45, 7) is 3.58. The van der Waals surface area contributed by atoms with Crippen LogP contribution in [0, 0.1) is 5.82 Å². The minimum absolute atomic E-state index is 0.0471. The molecule has 1 heterocycles. The molecule has 0 bridgehead atoms. The van der Waals surface area contributed by atoms with Gasteiger partial charge in [-0.3, -0.25) is 0 Å². The van der Waals surface area contributed by atoms with Crippen molar-refractivity contribution in [1.29, 1.82) is 0 Å². The van der Waals surface area contributed by atoms with Crippen LogP contribution >= 0.6 is 11.6 Å². The molecule has 4 nitrogen and oxygen atoms in total. The van der Waals surface area contributed by atoms with Crippen LogP contribution in [0.5, 0.6) is 5.75 Å². The SMILES string of the molecule is C=Cc1cnc(-c2ccc(Cl)c(OC)c2F)nc1N. The van der Waals surface area contributed by atoms with Crippen LogP contribution in [0.2, 0.25) is 5.02 Å². The summed E-state index contributed by atoms with van der Waals surface area (Å²) < 4.78 is 19.1. The smallest absolute Gasteiger partial charge is 0.177 e. The Balaban J connectivity index is 2.59. The average molecular weight is 280 g/mol. The second kappa shape index (κ2) is 5.24. The molecule has 98 valence electrons. The second-order valence-electron chi connectivity index (χ2n) is 3.68. The van der Waals surface area contributed by atoms with Gasteiger partial charge >= 0.3 is 0 Å². The van der Waals surface area contributed by atoms with E-state index < -0.39 is 5.82 Å². The summed E-state index contributed by atoms with van der Waals surface area (Å²) in [5, 5.41) is 0.180. The van der Waals surface area contributed by atoms with Gasteiger partial charge in [-0.05, 0) is 12.1 Å². The molecule has 0 saturated carbocycles. The monoisotopic (exact) mass is 279 g/mol. The van der Waals surface area contributed by atoms with Gasteiger partial charge < -0.3 is 10.5 Å². The Morgan fingerprint density at radius 2 is 2.21 bits per heavy atom. The number of nitrogens with two attached hydrogens (primary N) is 1. The van der Waals surface area contributed by atoms with E-state index >= 15 is 0 Å². The molecule has 2 rings (SSSR count). The van der Waals surface area contributed by atoms with Crippen molar-refractivity contribution in [3.63, 3.8) is 0 Å². The maximum Gasteiger partial charge on any atom is 0.177 e. The van der Waals surface area contributed by atoms with Crippen molar-refractivity contribution in [3.05, 3.63) is 41.3 Å². The predicted octanol–water partition coefficient (Wildman–Crippen LogP) is 3.17. The summed E-state index contributed by atoms with van der Waals surface area (Å²) in [5.41, 5.74) is 6.48. The van der Waals surface area contributed by atoms with Gasteiger partial charge in [-0.2, -0.15) is 0 Å². The van der Waals surface area contributed by atoms with Gasteiger partial charge in [0.1, 0.15) is 5.82 Å². The highest BCUT2D eigenvalue weighted by atomic mass is 35.5. The standard InChI is InChI=1S/C13H11ClFN3O/c1-3-7-6-17-13(18-12(7)16)8-4-5-9(14)11(19-2)10(8)15/h3-6H,1H2,2H3,(H2,16,17,18). The second-order valence-corrected chi connectivity index (χ2v) is 4.09. The molecule has 0 saturated heterocycles. The summed E-state index contributed by atoms with van der Waals surface area (Å²) in [6.07, 6.45) is 3.00. The molecule has 1 aromatic heterocycles. The molecule has 0 atom stereocenters. The third-order valence-corrected chi connectivity index (χ3v) is 2.86. The van der Waals surface area contributed by atoms with Crippen LogP contribution in [0.3, 0.4) is 0 Å². The maximum absolute atomic E-state index is 14.2. The summed E-state index contributed by atoms with van der Waals surface area (Å²) >= 11 is 5.82. The molecule has 0 radical (unpaired) electrons. The lowest BCUT2D eigenvalue weighted by atomic mass is 10.1. The van der Waals surface area contributed by atoms with Gasteiger partial charge in [0, 0.05) is 11.8 Å². The third-order valence-electron chi connectivity index (χ3n) is 2.56. The molecule has 2 aromatic rings. The van der Waals surface area contributed by atoms with Gasteiger partial charge in [-0.25, -0.2) is 14.4 Å². The summed E-state index contributed by atoms with van der Waals surface area (Å²) in [7, 11) is 1.34. The van der Waals surface area contributed by atoms with Crippen LogP contribution in [-0.4, -0.2) is 17.1 Å². The molecule has 0 aliphatic carbocycles. The van der Waals surface area contributed by atoms with Crippen molar-refractivity contribution < 1.29 is 9.13 Å². The Bertz CT molecular complexity index is 646. The number of methoxy groups -OCH3 is 1. The Labute approximate surface area is 114 Å². The molecule has 0 fully saturated rings. The van der Waals surface area contributed by atoms with Crippen molar-refractivity contribution in [2.24, 2.45) is 0 Å². The topological polar surface area (TPSA) is 61.0 Å². The first-order valence-electron chi connectivity index (χ1n) is 5.35. The van der Waals surface area contributed by atoms with Crippen LogP contribution in [0.4, 0.5) is 10.2 Å². The fraction of sp³-hybridized carbons (Fsp3) is 0.0769. The Hall–Kier alpha value is -2.14. The number of halogens is 2. The zero-order chi connectivity index (χ0) is 14.0. The van der Waals surface area contributed by atoms with Crippen molar-refractivity contribution in [3.8, 4) is 17.1 Å². The lowest BCUT2D eigenvalue weighted by Crippen LogP contribution is -2.00. The van der Waals surface area contributed by atoms with Crippen molar-refractivity contribution in [1.82, 2.24) is 9.97 Å². The zero-order valence-corrected chi connectivity index (χ0v) is 10.9. The van der Waals surface area contributed by atoms with Gasteiger partial charge in [0.05, 0.1) is 17.7 Å². The number of nitrogens with zero attached hydrogens (tertiary/aromatic N) is 2. The van der Waals surface area contributed by atoms with E-state index in [4.69, 9.17) is 22.1 Å². The molecule has 0 spiro atoms. The van der Waals surface area contributed by atoms with E-state index in [0.29, 0.717) is 5.56 Å². The van der Waals surface area contributed by atoms with Gasteiger partial charge in [0.25, 0.3) is 0 Å². The summed E-state index contributed by atoms with van der Waals surface area (Å²) in [6, 6.07) is 2.99. The first-order chi connectivity index (χ1) is 9.08. The minimum atomic E-state index is -0.624. The van der Waals surface area contributed by atoms with E-state index in [1.807, 2.05) is 0 Å². The van der Waals surface area contributed by atoms with E-state index in [1.165, 1.54) is 31.5 Å². The Morgan fingerprint density at radius 1 is 1.47 bits per heavy atom. The Morgan fingerprint density at radius 3 is 2.79 bits per heavy atom. The fourth-order valence-electron chi connectivity index (χ4n) is 1.58. The van der Waals surface area contributed by atoms with E-state index in [0.717, 1.165) is 0 Å². The number of hydrogen-bond donors (Lipinski definition) is 1. The van der Waals surface area contributed by atoms with E-state index in [1.54, 1.807) is 0 Å². The number of aromatic nitrogens is 2. The van der Waals surface area contributed by atoms with Gasteiger partial charge in [0.2, 0.25) is 0 Å². The molecule has 0 amide bonds. The number of rotatable bonds is 3. The third kappa shape index (κ3) is 2.37. The van der Waals surface area contributed by atoms with E-state index in [9.17, 15) is 4.39 Å². The summed E-state index contributed by atoms with van der Waals surface area (Å²) in [4.78, 5) is 8.08. The number of benzene rings is 1. The fourth-order valence-corrected chi connectivity index (χ4v) is 1.81. The van der Waals surface area contributed by atoms with Crippen molar-refractivity contribution in [2.75, 3.05) is 12.8 Å². The molecule has 0 unspecified atom stereocenters. The van der Waals surface area contributed by atoms with Crippen LogP contribution < -0.4 is 10.5 Å². The molecule has 2 N–H and O–H groups in total. The lowest BCUT2D eigenvalue weighted by Gasteiger charge is -2.09. The van der Waals surface area contributed by atoms with Crippen molar-refractivity contribution >= 4 is 23.5 Å². The first kappa shape index (κ1) is 13.3. The van der Waals surface area contributed by atoms with Gasteiger partial charge in [0.15, 0.2) is 17.4 Å². The highest BCUT2D eigenvalue weighted by Gasteiger charge is 2.16. The highest BCUT2D eigenvalue weighted by Crippen LogP contribution is 2.33. The number of hydrogen-bond acceptors (Lipinski definition) is 4. The molecular formula is C13H11ClFN3O. The number of ether oxygens (including phenoxy) is 1. The van der Waals surface area contributed by atoms with Crippen molar-refractivity contribution in [2.45, 2.75) is 0 Å². The van der Waals surface area contributed by atoms with E-state index in [-0.39, 0.29) is 28.0 Å². The molecule has 1 aromatic carbocycles. The zero-order valence-electron chi connectivity index (χ0n) is 10.2. The van der Waals surface area contributed by atoms with Gasteiger partial charge in [-0.1, -0.05) is 24.3 Å². The highest BCUT2D eigenvalue weighted by molar-refractivity contribution is 6.32. The lowest BCUT2D eigenvalue weighted by molar-refractivity contribution is 0.387. The van der Waals surface area contributed by atoms with Crippen LogP contribution in [0.15, 0.2) is 24.9 Å². The molecular weight excluding hydrogens is 269 g/mol. The number of anilines is 1. The first-order valence-corrected chi connectivity index (χ1v) is 5.73. The van der Waals surface area contributed by atoms with E-state index in [2.05, 4.69) is 16.5 Å². The quantitative estimate of drug-likeness (QED) is 0.937. The van der Waals surface area contributed by atoms with Crippen LogP contribution in [0.25, 0.3) is 17.5 Å². The molecule has 6 heteroatoms. The Kier molecular flexibility index (Phi) is 3.66. The number of nitrogen functional groups attached to an aromatic ring is 1. The predicted molar refractivity (Wildman–Crippen MR) is 73.5 cm³/mol. The normalized spacial score (nSPS) is 10.3. The van der Waals surface area contributed by atoms with Crippen LogP contribution in [-0.2, 0) is 0 Å². The maximum atomic E-state index is 14.2. The average Bonchev–Trinajstić information content (AvgIpc) is 2.39.